The van der Waals surface area contributed by atoms with Crippen molar-refractivity contribution < 1.29 is 23.6 Å². The molecule has 3 aromatic carbocycles. The molecule has 3 aromatic rings. The van der Waals surface area contributed by atoms with Gasteiger partial charge in [0.05, 0.1) is 15.5 Å². The predicted octanol–water partition coefficient (Wildman–Crippen LogP) is 5.31. The van der Waals surface area contributed by atoms with Crippen molar-refractivity contribution in [3.05, 3.63) is 110 Å². The predicted molar refractivity (Wildman–Crippen MR) is 116 cm³/mol. The standard InChI is InChI=1S/C23H14ClFN2O5/c24-19-9-8-17(27(29)30)12-18(19)22-26-20(23(28)32-22)11-15-5-1-2-7-21(15)31-13-14-4-3-6-16(25)10-14/h1-12H,13H2/b20-11-. The number of halogens is 2. The van der Waals surface area contributed by atoms with Gasteiger partial charge in [-0.05, 0) is 35.9 Å². The van der Waals surface area contributed by atoms with Crippen molar-refractivity contribution in [2.24, 2.45) is 4.99 Å². The summed E-state index contributed by atoms with van der Waals surface area (Å²) < 4.78 is 24.4. The molecule has 1 aliphatic rings. The summed E-state index contributed by atoms with van der Waals surface area (Å²) in [6.07, 6.45) is 1.47. The summed E-state index contributed by atoms with van der Waals surface area (Å²) in [5, 5.41) is 11.2. The SMILES string of the molecule is O=C1OC(c2cc([N+](=O)[O-])ccc2Cl)=N/C1=C\c1ccccc1OCc1cccc(F)c1. The minimum absolute atomic E-state index is 0.0237. The molecule has 0 saturated carbocycles. The smallest absolute Gasteiger partial charge is 0.363 e. The van der Waals surface area contributed by atoms with Crippen LogP contribution in [-0.4, -0.2) is 16.8 Å². The van der Waals surface area contributed by atoms with Crippen molar-refractivity contribution >= 4 is 35.2 Å². The van der Waals surface area contributed by atoms with Crippen molar-refractivity contribution in [1.82, 2.24) is 0 Å². The van der Waals surface area contributed by atoms with Crippen LogP contribution < -0.4 is 4.74 Å². The van der Waals surface area contributed by atoms with E-state index in [0.29, 0.717) is 16.9 Å². The van der Waals surface area contributed by atoms with Gasteiger partial charge >= 0.3 is 5.97 Å². The summed E-state index contributed by atoms with van der Waals surface area (Å²) >= 11 is 6.11. The van der Waals surface area contributed by atoms with Gasteiger partial charge in [0, 0.05) is 17.7 Å². The normalized spacial score (nSPS) is 14.2. The fraction of sp³-hybridized carbons (Fsp3) is 0.0435. The van der Waals surface area contributed by atoms with E-state index < -0.39 is 10.9 Å². The summed E-state index contributed by atoms with van der Waals surface area (Å²) in [6.45, 7) is 0.125. The third-order valence-corrected chi connectivity index (χ3v) is 4.84. The number of cyclic esters (lactones) is 1. The van der Waals surface area contributed by atoms with Crippen LogP contribution in [0.15, 0.2) is 77.4 Å². The van der Waals surface area contributed by atoms with E-state index in [2.05, 4.69) is 4.99 Å². The maximum absolute atomic E-state index is 13.4. The second kappa shape index (κ2) is 8.99. The van der Waals surface area contributed by atoms with Crippen molar-refractivity contribution in [2.75, 3.05) is 0 Å². The van der Waals surface area contributed by atoms with Gasteiger partial charge in [-0.25, -0.2) is 14.2 Å². The largest absolute Gasteiger partial charge is 0.488 e. The number of hydrogen-bond acceptors (Lipinski definition) is 6. The van der Waals surface area contributed by atoms with Crippen molar-refractivity contribution in [3.63, 3.8) is 0 Å². The molecule has 9 heteroatoms. The average molecular weight is 453 g/mol. The first-order valence-corrected chi connectivity index (χ1v) is 9.71. The first-order chi connectivity index (χ1) is 15.4. The molecule has 0 atom stereocenters. The van der Waals surface area contributed by atoms with E-state index in [-0.39, 0.29) is 40.3 Å². The molecule has 0 radical (unpaired) electrons. The van der Waals surface area contributed by atoms with Gasteiger partial charge < -0.3 is 9.47 Å². The Hall–Kier alpha value is -4.04. The Bertz CT molecular complexity index is 1290. The first-order valence-electron chi connectivity index (χ1n) is 9.34. The monoisotopic (exact) mass is 452 g/mol. The zero-order valence-corrected chi connectivity index (χ0v) is 17.1. The lowest BCUT2D eigenvalue weighted by Crippen LogP contribution is -2.06. The fourth-order valence-electron chi connectivity index (χ4n) is 2.98. The molecule has 0 bridgehead atoms. The van der Waals surface area contributed by atoms with Gasteiger partial charge in [-0.15, -0.1) is 0 Å². The number of carbonyl (C=O) groups excluding carboxylic acids is 1. The van der Waals surface area contributed by atoms with Crippen LogP contribution in [0.3, 0.4) is 0 Å². The fourth-order valence-corrected chi connectivity index (χ4v) is 3.18. The van der Waals surface area contributed by atoms with Gasteiger partial charge in [-0.3, -0.25) is 10.1 Å². The number of rotatable bonds is 6. The van der Waals surface area contributed by atoms with Gasteiger partial charge in [0.1, 0.15) is 18.2 Å². The lowest BCUT2D eigenvalue weighted by Gasteiger charge is -2.09. The van der Waals surface area contributed by atoms with Gasteiger partial charge in [0.15, 0.2) is 5.70 Å². The van der Waals surface area contributed by atoms with E-state index in [1.165, 1.54) is 36.4 Å². The average Bonchev–Trinajstić information content (AvgIpc) is 3.13. The van der Waals surface area contributed by atoms with E-state index >= 15 is 0 Å². The van der Waals surface area contributed by atoms with Crippen LogP contribution in [0.4, 0.5) is 10.1 Å². The van der Waals surface area contributed by atoms with Crippen LogP contribution >= 0.6 is 11.6 Å². The van der Waals surface area contributed by atoms with E-state index in [1.54, 1.807) is 36.4 Å². The van der Waals surface area contributed by atoms with Crippen LogP contribution in [0, 0.1) is 15.9 Å². The number of nitro benzene ring substituents is 1. The Morgan fingerprint density at radius 1 is 1.12 bits per heavy atom. The summed E-state index contributed by atoms with van der Waals surface area (Å²) in [4.78, 5) is 27.0. The van der Waals surface area contributed by atoms with Crippen molar-refractivity contribution in [2.45, 2.75) is 6.61 Å². The number of nitrogens with zero attached hydrogens (tertiary/aromatic N) is 2. The molecule has 0 N–H and O–H groups in total. The second-order valence-corrected chi connectivity index (χ2v) is 7.12. The molecular formula is C23H14ClFN2O5. The number of nitro groups is 1. The Balaban J connectivity index is 1.62. The van der Waals surface area contributed by atoms with Crippen LogP contribution in [0.5, 0.6) is 5.75 Å². The number of esters is 1. The van der Waals surface area contributed by atoms with Crippen LogP contribution in [0.25, 0.3) is 6.08 Å². The van der Waals surface area contributed by atoms with Gasteiger partial charge in [-0.2, -0.15) is 0 Å². The molecule has 0 spiro atoms. The topological polar surface area (TPSA) is 91.0 Å². The molecule has 7 nitrogen and oxygen atoms in total. The molecule has 0 saturated heterocycles. The molecule has 0 fully saturated rings. The molecule has 0 amide bonds. The third-order valence-electron chi connectivity index (χ3n) is 4.51. The second-order valence-electron chi connectivity index (χ2n) is 6.71. The van der Waals surface area contributed by atoms with Crippen LogP contribution in [-0.2, 0) is 16.1 Å². The van der Waals surface area contributed by atoms with E-state index in [1.807, 2.05) is 0 Å². The zero-order valence-electron chi connectivity index (χ0n) is 16.3. The van der Waals surface area contributed by atoms with Crippen molar-refractivity contribution in [3.8, 4) is 5.75 Å². The van der Waals surface area contributed by atoms with Crippen molar-refractivity contribution in [1.29, 1.82) is 0 Å². The number of non-ortho nitro benzene ring substituents is 1. The quantitative estimate of drug-likeness (QED) is 0.219. The maximum atomic E-state index is 13.4. The highest BCUT2D eigenvalue weighted by Crippen LogP contribution is 2.29. The highest BCUT2D eigenvalue weighted by atomic mass is 35.5. The summed E-state index contributed by atoms with van der Waals surface area (Å²) in [7, 11) is 0. The molecule has 0 aromatic heterocycles. The lowest BCUT2D eigenvalue weighted by molar-refractivity contribution is -0.384. The highest BCUT2D eigenvalue weighted by Gasteiger charge is 2.27. The third kappa shape index (κ3) is 4.65. The minimum Gasteiger partial charge on any atom is -0.488 e. The first kappa shape index (κ1) is 21.2. The summed E-state index contributed by atoms with van der Waals surface area (Å²) in [6, 6.07) is 16.7. The number of para-hydroxylation sites is 1. The zero-order chi connectivity index (χ0) is 22.7. The number of benzene rings is 3. The molecule has 0 aliphatic carbocycles. The molecular weight excluding hydrogens is 439 g/mol. The Morgan fingerprint density at radius 3 is 2.72 bits per heavy atom. The molecule has 32 heavy (non-hydrogen) atoms. The minimum atomic E-state index is -0.734. The molecule has 160 valence electrons. The summed E-state index contributed by atoms with van der Waals surface area (Å²) in [5.41, 5.74) is 1.09. The Morgan fingerprint density at radius 2 is 1.94 bits per heavy atom. The molecule has 4 rings (SSSR count). The number of carbonyl (C=O) groups is 1. The Labute approximate surface area is 186 Å². The molecule has 1 aliphatic heterocycles. The summed E-state index contributed by atoms with van der Waals surface area (Å²) in [5.74, 6) is -0.776. The van der Waals surface area contributed by atoms with E-state index in [0.717, 1.165) is 0 Å². The highest BCUT2D eigenvalue weighted by molar-refractivity contribution is 6.34. The Kier molecular flexibility index (Phi) is 5.96. The maximum Gasteiger partial charge on any atom is 0.363 e. The number of aliphatic imine (C=N–C) groups is 1. The van der Waals surface area contributed by atoms with E-state index in [4.69, 9.17) is 21.1 Å². The molecule has 0 unspecified atom stereocenters. The number of hydrogen-bond donors (Lipinski definition) is 0. The van der Waals surface area contributed by atoms with Gasteiger partial charge in [0.25, 0.3) is 5.69 Å². The molecule has 1 heterocycles. The van der Waals surface area contributed by atoms with Gasteiger partial charge in [-0.1, -0.05) is 41.9 Å². The van der Waals surface area contributed by atoms with Gasteiger partial charge in [0.2, 0.25) is 5.90 Å². The van der Waals surface area contributed by atoms with E-state index in [9.17, 15) is 19.3 Å². The lowest BCUT2D eigenvalue weighted by atomic mass is 10.1. The number of ether oxygens (including phenoxy) is 2. The van der Waals surface area contributed by atoms with Crippen LogP contribution in [0.2, 0.25) is 5.02 Å². The van der Waals surface area contributed by atoms with Crippen LogP contribution in [0.1, 0.15) is 16.7 Å².